The third kappa shape index (κ3) is 4.67. The molecule has 0 atom stereocenters. The van der Waals surface area contributed by atoms with Crippen LogP contribution in [0.25, 0.3) is 0 Å². The number of hydrogen-bond acceptors (Lipinski definition) is 6. The van der Waals surface area contributed by atoms with Gasteiger partial charge in [0.25, 0.3) is 0 Å². The number of allylic oxidation sites excluding steroid dienone is 4. The first-order valence-electron chi connectivity index (χ1n) is 11.7. The molecule has 2 aliphatic carbocycles. The van der Waals surface area contributed by atoms with Gasteiger partial charge in [0.05, 0.1) is 20.5 Å². The highest BCUT2D eigenvalue weighted by Crippen LogP contribution is 2.50. The van der Waals surface area contributed by atoms with Crippen molar-refractivity contribution in [3.63, 3.8) is 0 Å². The van der Waals surface area contributed by atoms with Crippen molar-refractivity contribution in [3.05, 3.63) is 84.3 Å². The first-order chi connectivity index (χ1) is 18.0. The number of rotatable bonds is 4. The van der Waals surface area contributed by atoms with Gasteiger partial charge in [0.2, 0.25) is 5.75 Å². The number of carbonyl (C=O) groups is 2. The van der Waals surface area contributed by atoms with E-state index >= 15 is 0 Å². The zero-order valence-electron chi connectivity index (χ0n) is 19.5. The molecular weight excluding hydrogens is 550 g/mol. The second kappa shape index (κ2) is 9.74. The molecule has 5 rings (SSSR count). The minimum absolute atomic E-state index is 0.107. The van der Waals surface area contributed by atoms with Crippen molar-refractivity contribution in [1.29, 1.82) is 0 Å². The molecule has 12 heteroatoms. The Balaban J connectivity index is 1.58. The molecule has 3 aliphatic rings. The number of hydrogen-bond donors (Lipinski definition) is 0. The minimum atomic E-state index is -4.79. The molecule has 0 spiro atoms. The van der Waals surface area contributed by atoms with E-state index in [4.69, 9.17) is 32.7 Å². The van der Waals surface area contributed by atoms with E-state index in [0.717, 1.165) is 6.07 Å². The Hall–Kier alpha value is -3.37. The van der Waals surface area contributed by atoms with Gasteiger partial charge in [-0.15, -0.1) is 0 Å². The molecule has 0 amide bonds. The van der Waals surface area contributed by atoms with Gasteiger partial charge in [-0.1, -0.05) is 23.2 Å². The summed E-state index contributed by atoms with van der Waals surface area (Å²) in [6, 6.07) is 4.70. The lowest BCUT2D eigenvalue weighted by molar-refractivity contribution is -0.385. The van der Waals surface area contributed by atoms with Crippen molar-refractivity contribution in [2.45, 2.75) is 50.6 Å². The van der Waals surface area contributed by atoms with Crippen LogP contribution in [-0.4, -0.2) is 16.5 Å². The van der Waals surface area contributed by atoms with E-state index in [-0.39, 0.29) is 27.4 Å². The van der Waals surface area contributed by atoms with Gasteiger partial charge in [0.1, 0.15) is 11.5 Å². The summed E-state index contributed by atoms with van der Waals surface area (Å²) in [5.74, 6) is -0.715. The van der Waals surface area contributed by atoms with Gasteiger partial charge in [0.15, 0.2) is 17.3 Å². The Morgan fingerprint density at radius 3 is 1.97 bits per heavy atom. The number of nitro benzene ring substituents is 1. The maximum atomic E-state index is 13.1. The van der Waals surface area contributed by atoms with E-state index in [1.165, 1.54) is 12.1 Å². The lowest BCUT2D eigenvalue weighted by atomic mass is 9.73. The Morgan fingerprint density at radius 1 is 0.921 bits per heavy atom. The summed E-state index contributed by atoms with van der Waals surface area (Å²) in [7, 11) is 0. The summed E-state index contributed by atoms with van der Waals surface area (Å²) < 4.78 is 50.7. The number of nitrogens with zero attached hydrogens (tertiary/aromatic N) is 1. The molecule has 0 aromatic heterocycles. The molecule has 0 bridgehead atoms. The van der Waals surface area contributed by atoms with Gasteiger partial charge >= 0.3 is 11.9 Å². The van der Waals surface area contributed by atoms with Gasteiger partial charge in [-0.3, -0.25) is 19.7 Å². The molecule has 7 nitrogen and oxygen atoms in total. The van der Waals surface area contributed by atoms with E-state index in [0.29, 0.717) is 78.9 Å². The van der Waals surface area contributed by atoms with E-state index in [1.54, 1.807) is 0 Å². The lowest BCUT2D eigenvalue weighted by Gasteiger charge is -2.36. The lowest BCUT2D eigenvalue weighted by Crippen LogP contribution is -2.30. The van der Waals surface area contributed by atoms with Crippen molar-refractivity contribution in [2.24, 2.45) is 0 Å². The zero-order chi connectivity index (χ0) is 27.4. The second-order valence-corrected chi connectivity index (χ2v) is 9.93. The number of alkyl halides is 3. The molecule has 0 saturated heterocycles. The first kappa shape index (κ1) is 26.2. The number of benzene rings is 2. The Kier molecular flexibility index (Phi) is 6.73. The van der Waals surface area contributed by atoms with E-state index in [1.807, 2.05) is 0 Å². The molecule has 2 aromatic carbocycles. The third-order valence-electron chi connectivity index (χ3n) is 6.69. The van der Waals surface area contributed by atoms with Crippen molar-refractivity contribution < 1.29 is 37.2 Å². The van der Waals surface area contributed by atoms with Crippen molar-refractivity contribution in [1.82, 2.24) is 0 Å². The third-order valence-corrected chi connectivity index (χ3v) is 7.25. The highest BCUT2D eigenvalue weighted by Gasteiger charge is 2.42. The van der Waals surface area contributed by atoms with Crippen LogP contribution in [0.2, 0.25) is 10.0 Å². The molecule has 0 unspecified atom stereocenters. The van der Waals surface area contributed by atoms with Crippen LogP contribution in [-0.2, 0) is 20.5 Å². The summed E-state index contributed by atoms with van der Waals surface area (Å²) >= 11 is 12.9. The van der Waals surface area contributed by atoms with Crippen LogP contribution in [0.15, 0.2) is 53.0 Å². The highest BCUT2D eigenvalue weighted by molar-refractivity contribution is 6.37. The fourth-order valence-electron chi connectivity index (χ4n) is 5.03. The van der Waals surface area contributed by atoms with Crippen LogP contribution in [0, 0.1) is 10.1 Å². The zero-order valence-corrected chi connectivity index (χ0v) is 21.0. The molecule has 1 heterocycles. The van der Waals surface area contributed by atoms with E-state index < -0.39 is 34.0 Å². The fourth-order valence-corrected chi connectivity index (χ4v) is 5.61. The Morgan fingerprint density at radius 2 is 1.47 bits per heavy atom. The van der Waals surface area contributed by atoms with Crippen molar-refractivity contribution >= 4 is 40.5 Å². The van der Waals surface area contributed by atoms with Crippen LogP contribution in [0.1, 0.15) is 55.6 Å². The molecule has 0 N–H and O–H groups in total. The summed E-state index contributed by atoms with van der Waals surface area (Å²) in [5, 5.41) is 11.2. The number of ether oxygens (including phenoxy) is 2. The van der Waals surface area contributed by atoms with E-state index in [2.05, 4.69) is 0 Å². The number of carbonyl (C=O) groups excluding carboxylic acids is 2. The Bertz CT molecular complexity index is 1400. The maximum Gasteiger partial charge on any atom is 0.416 e. The highest BCUT2D eigenvalue weighted by atomic mass is 35.5. The molecule has 38 heavy (non-hydrogen) atoms. The molecule has 1 aliphatic heterocycles. The predicted molar refractivity (Wildman–Crippen MR) is 130 cm³/mol. The number of halogens is 5. The number of nitro groups is 1. The largest absolute Gasteiger partial charge is 0.465 e. The van der Waals surface area contributed by atoms with Crippen molar-refractivity contribution in [2.75, 3.05) is 0 Å². The quantitative estimate of drug-likeness (QED) is 0.276. The monoisotopic (exact) mass is 567 g/mol. The van der Waals surface area contributed by atoms with Crippen LogP contribution in [0.3, 0.4) is 0 Å². The van der Waals surface area contributed by atoms with Crippen molar-refractivity contribution in [3.8, 4) is 11.5 Å². The molecule has 2 aromatic rings. The van der Waals surface area contributed by atoms with Gasteiger partial charge in [-0.05, 0) is 42.7 Å². The van der Waals surface area contributed by atoms with E-state index in [9.17, 15) is 32.9 Å². The second-order valence-electron chi connectivity index (χ2n) is 9.12. The van der Waals surface area contributed by atoms with Gasteiger partial charge < -0.3 is 9.47 Å². The average Bonchev–Trinajstić information content (AvgIpc) is 2.84. The van der Waals surface area contributed by atoms with Crippen LogP contribution in [0.5, 0.6) is 11.5 Å². The summed E-state index contributed by atoms with van der Waals surface area (Å²) in [4.78, 5) is 36.4. The van der Waals surface area contributed by atoms with Gasteiger partial charge in [-0.25, -0.2) is 0 Å². The predicted octanol–water partition coefficient (Wildman–Crippen LogP) is 7.84. The molecular formula is C26H18Cl2F3NO6. The van der Waals surface area contributed by atoms with Crippen LogP contribution < -0.4 is 4.74 Å². The van der Waals surface area contributed by atoms with Gasteiger partial charge in [-0.2, -0.15) is 13.2 Å². The molecule has 0 radical (unpaired) electrons. The number of ketones is 2. The Labute approximate surface area is 224 Å². The molecule has 0 fully saturated rings. The fraction of sp³-hybridized carbons (Fsp3) is 0.308. The smallest absolute Gasteiger partial charge is 0.416 e. The average molecular weight is 568 g/mol. The van der Waals surface area contributed by atoms with Crippen LogP contribution >= 0.6 is 23.2 Å². The van der Waals surface area contributed by atoms with Crippen LogP contribution in [0.4, 0.5) is 18.9 Å². The minimum Gasteiger partial charge on any atom is -0.465 e. The normalized spacial score (nSPS) is 18.2. The summed E-state index contributed by atoms with van der Waals surface area (Å²) in [6.45, 7) is 0. The standard InChI is InChI=1S/C26H18Cl2F3NO6/c27-14-9-12(22-23-17(33)3-1-5-20(23)37-21-6-2-4-18(34)24(21)22)10-15(28)25(14)38-19-8-7-13(26(29,30)31)11-16(19)32(35)36/h7-11,22H,1-6H2. The topological polar surface area (TPSA) is 95.7 Å². The number of Topliss-reactive ketones (excluding diaryl/α,β-unsaturated/α-hetero) is 2. The first-order valence-corrected chi connectivity index (χ1v) is 12.4. The maximum absolute atomic E-state index is 13.1. The molecule has 198 valence electrons. The summed E-state index contributed by atoms with van der Waals surface area (Å²) in [6.07, 6.45) is -1.85. The SMILES string of the molecule is O=C1CCCC2=C1C(c1cc(Cl)c(Oc3ccc(C(F)(F)F)cc3[N+](=O)[O-])c(Cl)c1)C1=C(CCCC1=O)O2. The molecule has 0 saturated carbocycles. The summed E-state index contributed by atoms with van der Waals surface area (Å²) in [5.41, 5.74) is -0.950. The van der Waals surface area contributed by atoms with Gasteiger partial charge in [0, 0.05) is 48.8 Å².